The zero-order valence-electron chi connectivity index (χ0n) is 16.5. The number of para-hydroxylation sites is 1. The van der Waals surface area contributed by atoms with Crippen LogP contribution < -0.4 is 5.32 Å². The molecule has 0 saturated heterocycles. The van der Waals surface area contributed by atoms with Crippen LogP contribution in [-0.2, 0) is 5.75 Å². The van der Waals surface area contributed by atoms with Crippen molar-refractivity contribution in [2.75, 3.05) is 5.32 Å². The Kier molecular flexibility index (Phi) is 5.63. The van der Waals surface area contributed by atoms with Crippen molar-refractivity contribution in [3.05, 3.63) is 101 Å². The van der Waals surface area contributed by atoms with Crippen LogP contribution in [0, 0.1) is 13.8 Å². The molecule has 0 aliphatic rings. The average Bonchev–Trinajstić information content (AvgIpc) is 2.74. The van der Waals surface area contributed by atoms with Crippen molar-refractivity contribution in [1.82, 2.24) is 4.98 Å². The zero-order valence-corrected chi connectivity index (χ0v) is 17.3. The first-order valence-electron chi connectivity index (χ1n) is 9.54. The molecule has 1 amide bonds. The third-order valence-electron chi connectivity index (χ3n) is 4.84. The van der Waals surface area contributed by atoms with Crippen molar-refractivity contribution >= 4 is 34.3 Å². The van der Waals surface area contributed by atoms with E-state index in [4.69, 9.17) is 0 Å². The molecule has 4 rings (SSSR count). The summed E-state index contributed by atoms with van der Waals surface area (Å²) < 4.78 is 0. The van der Waals surface area contributed by atoms with E-state index in [1.807, 2.05) is 62.5 Å². The normalized spacial score (nSPS) is 10.8. The number of aryl methyl sites for hydroxylation is 2. The number of carbonyl (C=O) groups excluding carboxylic acids is 1. The number of fused-ring (bicyclic) bond motifs is 1. The first-order chi connectivity index (χ1) is 14.1. The molecule has 1 aromatic heterocycles. The molecule has 0 aliphatic carbocycles. The van der Waals surface area contributed by atoms with Gasteiger partial charge in [-0.05, 0) is 55.3 Å². The molecule has 144 valence electrons. The highest BCUT2D eigenvalue weighted by molar-refractivity contribution is 7.98. The number of hydrogen-bond donors (Lipinski definition) is 1. The average molecular weight is 399 g/mol. The molecule has 0 spiro atoms. The van der Waals surface area contributed by atoms with E-state index in [1.165, 1.54) is 16.0 Å². The van der Waals surface area contributed by atoms with Crippen molar-refractivity contribution in [1.29, 1.82) is 0 Å². The van der Waals surface area contributed by atoms with Gasteiger partial charge in [0.1, 0.15) is 0 Å². The smallest absolute Gasteiger partial charge is 0.255 e. The number of benzene rings is 3. The number of aromatic nitrogens is 1. The lowest BCUT2D eigenvalue weighted by Gasteiger charge is -2.10. The van der Waals surface area contributed by atoms with Gasteiger partial charge in [0.15, 0.2) is 0 Å². The Labute approximate surface area is 175 Å². The summed E-state index contributed by atoms with van der Waals surface area (Å²) >= 11 is 1.76. The van der Waals surface area contributed by atoms with Gasteiger partial charge in [-0.3, -0.25) is 9.78 Å². The number of hydrogen-bond acceptors (Lipinski definition) is 3. The van der Waals surface area contributed by atoms with Gasteiger partial charge >= 0.3 is 0 Å². The fourth-order valence-corrected chi connectivity index (χ4v) is 4.25. The van der Waals surface area contributed by atoms with Gasteiger partial charge in [0.05, 0.1) is 5.52 Å². The molecular weight excluding hydrogens is 376 g/mol. The molecule has 3 aromatic carbocycles. The second kappa shape index (κ2) is 8.50. The third-order valence-corrected chi connectivity index (χ3v) is 5.95. The van der Waals surface area contributed by atoms with Crippen molar-refractivity contribution in [2.45, 2.75) is 24.5 Å². The van der Waals surface area contributed by atoms with E-state index in [0.717, 1.165) is 27.9 Å². The first-order valence-corrected chi connectivity index (χ1v) is 10.5. The molecule has 0 fully saturated rings. The molecule has 0 atom stereocenters. The molecule has 0 aliphatic heterocycles. The summed E-state index contributed by atoms with van der Waals surface area (Å²) in [6.07, 6.45) is 1.83. The summed E-state index contributed by atoms with van der Waals surface area (Å²) in [5, 5.41) is 4.15. The van der Waals surface area contributed by atoms with Gasteiger partial charge in [-0.15, -0.1) is 11.8 Å². The SMILES string of the molecule is Cc1ccc(NC(=O)c2ccc(CSc3cccc4cccnc34)cc2)c(C)c1. The second-order valence-electron chi connectivity index (χ2n) is 7.09. The third kappa shape index (κ3) is 4.49. The maximum Gasteiger partial charge on any atom is 0.255 e. The highest BCUT2D eigenvalue weighted by atomic mass is 32.2. The van der Waals surface area contributed by atoms with Crippen LogP contribution in [0.4, 0.5) is 5.69 Å². The van der Waals surface area contributed by atoms with E-state index in [-0.39, 0.29) is 5.91 Å². The van der Waals surface area contributed by atoms with Gasteiger partial charge in [0, 0.05) is 33.5 Å². The van der Waals surface area contributed by atoms with Crippen LogP contribution >= 0.6 is 11.8 Å². The van der Waals surface area contributed by atoms with Crippen molar-refractivity contribution in [3.63, 3.8) is 0 Å². The number of pyridine rings is 1. The minimum absolute atomic E-state index is 0.0885. The first kappa shape index (κ1) is 19.2. The number of nitrogens with zero attached hydrogens (tertiary/aromatic N) is 1. The van der Waals surface area contributed by atoms with Crippen molar-refractivity contribution in [3.8, 4) is 0 Å². The molecule has 1 N–H and O–H groups in total. The van der Waals surface area contributed by atoms with E-state index in [9.17, 15) is 4.79 Å². The largest absolute Gasteiger partial charge is 0.322 e. The number of thioether (sulfide) groups is 1. The minimum atomic E-state index is -0.0885. The minimum Gasteiger partial charge on any atom is -0.322 e. The lowest BCUT2D eigenvalue weighted by Crippen LogP contribution is -2.12. The van der Waals surface area contributed by atoms with Crippen LogP contribution in [0.2, 0.25) is 0 Å². The Hall–Kier alpha value is -3.11. The molecule has 0 unspecified atom stereocenters. The molecule has 0 bridgehead atoms. The highest BCUT2D eigenvalue weighted by Crippen LogP contribution is 2.29. The Morgan fingerprint density at radius 2 is 1.76 bits per heavy atom. The summed E-state index contributed by atoms with van der Waals surface area (Å²) in [5.41, 5.74) is 5.96. The molecule has 4 aromatic rings. The van der Waals surface area contributed by atoms with Crippen LogP contribution in [0.25, 0.3) is 10.9 Å². The Bertz CT molecular complexity index is 1160. The van der Waals surface area contributed by atoms with Gasteiger partial charge in [-0.2, -0.15) is 0 Å². The van der Waals surface area contributed by atoms with Crippen LogP contribution in [0.15, 0.2) is 83.9 Å². The van der Waals surface area contributed by atoms with E-state index in [0.29, 0.717) is 5.56 Å². The van der Waals surface area contributed by atoms with E-state index < -0.39 is 0 Å². The molecule has 0 radical (unpaired) electrons. The van der Waals surface area contributed by atoms with Crippen LogP contribution in [0.5, 0.6) is 0 Å². The van der Waals surface area contributed by atoms with Gasteiger partial charge in [0.25, 0.3) is 5.91 Å². The van der Waals surface area contributed by atoms with Crippen LogP contribution in [0.1, 0.15) is 27.0 Å². The molecule has 3 nitrogen and oxygen atoms in total. The molecule has 0 saturated carbocycles. The second-order valence-corrected chi connectivity index (χ2v) is 8.11. The van der Waals surface area contributed by atoms with Gasteiger partial charge in [-0.1, -0.05) is 48.0 Å². The molecule has 4 heteroatoms. The van der Waals surface area contributed by atoms with Gasteiger partial charge in [0.2, 0.25) is 0 Å². The predicted molar refractivity (Wildman–Crippen MR) is 122 cm³/mol. The summed E-state index contributed by atoms with van der Waals surface area (Å²) in [6.45, 7) is 4.05. The Morgan fingerprint density at radius 3 is 2.55 bits per heavy atom. The maximum absolute atomic E-state index is 12.6. The Morgan fingerprint density at radius 1 is 0.966 bits per heavy atom. The van der Waals surface area contributed by atoms with E-state index in [2.05, 4.69) is 40.6 Å². The fraction of sp³-hybridized carbons (Fsp3) is 0.120. The fourth-order valence-electron chi connectivity index (χ4n) is 3.25. The number of anilines is 1. The Balaban J connectivity index is 1.43. The monoisotopic (exact) mass is 398 g/mol. The van der Waals surface area contributed by atoms with E-state index in [1.54, 1.807) is 11.8 Å². The lowest BCUT2D eigenvalue weighted by molar-refractivity contribution is 0.102. The number of amides is 1. The molecular formula is C25H22N2OS. The summed E-state index contributed by atoms with van der Waals surface area (Å²) in [6, 6.07) is 24.1. The summed E-state index contributed by atoms with van der Waals surface area (Å²) in [7, 11) is 0. The van der Waals surface area contributed by atoms with Gasteiger partial charge < -0.3 is 5.32 Å². The van der Waals surface area contributed by atoms with Crippen molar-refractivity contribution < 1.29 is 4.79 Å². The van der Waals surface area contributed by atoms with Gasteiger partial charge in [-0.25, -0.2) is 0 Å². The topological polar surface area (TPSA) is 42.0 Å². The lowest BCUT2D eigenvalue weighted by atomic mass is 10.1. The zero-order chi connectivity index (χ0) is 20.2. The number of nitrogens with one attached hydrogen (secondary N) is 1. The maximum atomic E-state index is 12.6. The molecule has 29 heavy (non-hydrogen) atoms. The molecule has 1 heterocycles. The van der Waals surface area contributed by atoms with Crippen molar-refractivity contribution in [2.24, 2.45) is 0 Å². The predicted octanol–water partition coefficient (Wildman–Crippen LogP) is 6.40. The summed E-state index contributed by atoms with van der Waals surface area (Å²) in [5.74, 6) is 0.740. The summed E-state index contributed by atoms with van der Waals surface area (Å²) in [4.78, 5) is 18.2. The number of carbonyl (C=O) groups is 1. The van der Waals surface area contributed by atoms with Crippen LogP contribution in [0.3, 0.4) is 0 Å². The quantitative estimate of drug-likeness (QED) is 0.396. The standard InChI is InChI=1S/C25H22N2OS/c1-17-8-13-22(18(2)15-17)27-25(28)21-11-9-19(10-12-21)16-29-23-7-3-5-20-6-4-14-26-24(20)23/h3-15H,16H2,1-2H3,(H,27,28). The van der Waals surface area contributed by atoms with E-state index >= 15 is 0 Å². The highest BCUT2D eigenvalue weighted by Gasteiger charge is 2.09. The number of rotatable bonds is 5. The van der Waals surface area contributed by atoms with Crippen LogP contribution in [-0.4, -0.2) is 10.9 Å².